The fourth-order valence-electron chi connectivity index (χ4n) is 2.66. The van der Waals surface area contributed by atoms with Crippen molar-refractivity contribution in [3.05, 3.63) is 72.1 Å². The van der Waals surface area contributed by atoms with Gasteiger partial charge in [-0.25, -0.2) is 4.68 Å². The predicted octanol–water partition coefficient (Wildman–Crippen LogP) is 2.67. The number of carbonyl (C=O) groups is 1. The molecule has 1 unspecified atom stereocenters. The van der Waals surface area contributed by atoms with E-state index in [1.54, 1.807) is 0 Å². The average molecular weight is 405 g/mol. The van der Waals surface area contributed by atoms with Crippen molar-refractivity contribution in [2.45, 2.75) is 18.6 Å². The zero-order valence-corrected chi connectivity index (χ0v) is 15.2. The van der Waals surface area contributed by atoms with Crippen LogP contribution in [0.2, 0.25) is 0 Å². The minimum absolute atomic E-state index is 0.102. The van der Waals surface area contributed by atoms with E-state index in [2.05, 4.69) is 20.8 Å². The number of hydrogen-bond donors (Lipinski definition) is 1. The van der Waals surface area contributed by atoms with Gasteiger partial charge in [0.2, 0.25) is 5.91 Å². The molecule has 1 heterocycles. The lowest BCUT2D eigenvalue weighted by atomic mass is 10.1. The molecular formula is C19H18F3N5O2. The third-order valence-electron chi connectivity index (χ3n) is 4.11. The van der Waals surface area contributed by atoms with Gasteiger partial charge in [0.25, 0.3) is 0 Å². The first-order chi connectivity index (χ1) is 13.9. The molecule has 29 heavy (non-hydrogen) atoms. The van der Waals surface area contributed by atoms with E-state index < -0.39 is 17.8 Å². The van der Waals surface area contributed by atoms with Gasteiger partial charge < -0.3 is 10.1 Å². The summed E-state index contributed by atoms with van der Waals surface area (Å²) in [4.78, 5) is 12.6. The van der Waals surface area contributed by atoms with Crippen LogP contribution in [-0.2, 0) is 17.4 Å². The first-order valence-electron chi connectivity index (χ1n) is 8.77. The minimum atomic E-state index is -4.39. The van der Waals surface area contributed by atoms with Gasteiger partial charge in [0.05, 0.1) is 12.1 Å². The van der Waals surface area contributed by atoms with E-state index in [-0.39, 0.29) is 24.8 Å². The van der Waals surface area contributed by atoms with Gasteiger partial charge in [-0.2, -0.15) is 13.2 Å². The van der Waals surface area contributed by atoms with Crippen LogP contribution in [0.25, 0.3) is 0 Å². The summed E-state index contributed by atoms with van der Waals surface area (Å²) in [5.41, 5.74) is 0.201. The minimum Gasteiger partial charge on any atom is -0.492 e. The Hall–Kier alpha value is -3.43. The summed E-state index contributed by atoms with van der Waals surface area (Å²) < 4.78 is 44.4. The number of halogens is 3. The van der Waals surface area contributed by atoms with Crippen molar-refractivity contribution < 1.29 is 22.7 Å². The van der Waals surface area contributed by atoms with Crippen molar-refractivity contribution >= 4 is 5.91 Å². The van der Waals surface area contributed by atoms with Crippen molar-refractivity contribution in [2.24, 2.45) is 0 Å². The highest BCUT2D eigenvalue weighted by Gasteiger charge is 2.30. The molecule has 0 radical (unpaired) electrons. The number of aromatic nitrogens is 4. The maximum Gasteiger partial charge on any atom is 0.416 e. The molecule has 1 N–H and O–H groups in total. The lowest BCUT2D eigenvalue weighted by molar-refractivity contribution is -0.137. The highest BCUT2D eigenvalue weighted by Crippen LogP contribution is 2.30. The van der Waals surface area contributed by atoms with E-state index in [0.29, 0.717) is 6.42 Å². The Balaban J connectivity index is 1.52. The van der Waals surface area contributed by atoms with E-state index in [1.165, 1.54) is 23.1 Å². The molecule has 0 saturated carbocycles. The summed E-state index contributed by atoms with van der Waals surface area (Å²) in [6.07, 6.45) is -2.63. The number of nitrogens with zero attached hydrogens (tertiary/aromatic N) is 4. The molecule has 152 valence electrons. The fraction of sp³-hybridized carbons (Fsp3) is 0.263. The lowest BCUT2D eigenvalue weighted by Crippen LogP contribution is -2.36. The van der Waals surface area contributed by atoms with E-state index >= 15 is 0 Å². The Bertz CT molecular complexity index is 900. The van der Waals surface area contributed by atoms with Gasteiger partial charge in [-0.1, -0.05) is 30.3 Å². The van der Waals surface area contributed by atoms with Gasteiger partial charge in [-0.3, -0.25) is 4.79 Å². The van der Waals surface area contributed by atoms with Crippen LogP contribution in [0, 0.1) is 0 Å². The summed E-state index contributed by atoms with van der Waals surface area (Å²) in [5, 5.41) is 13.7. The van der Waals surface area contributed by atoms with Gasteiger partial charge in [0.1, 0.15) is 24.7 Å². The molecule has 0 aliphatic rings. The second-order valence-electron chi connectivity index (χ2n) is 6.16. The Kier molecular flexibility index (Phi) is 6.43. The summed E-state index contributed by atoms with van der Waals surface area (Å²) in [7, 11) is 0. The Morgan fingerprint density at radius 1 is 1.10 bits per heavy atom. The molecular weight excluding hydrogens is 387 g/mol. The Morgan fingerprint density at radius 3 is 2.45 bits per heavy atom. The number of carbonyl (C=O) groups excluding carboxylic acids is 1. The molecule has 3 aromatic rings. The molecule has 0 saturated heterocycles. The van der Waals surface area contributed by atoms with Crippen LogP contribution in [0.1, 0.15) is 17.2 Å². The van der Waals surface area contributed by atoms with Crippen LogP contribution in [0.5, 0.6) is 5.75 Å². The summed E-state index contributed by atoms with van der Waals surface area (Å²) >= 11 is 0. The maximum atomic E-state index is 12.6. The standard InChI is InChI=1S/C19H18F3N5O2/c20-19(21,22)15-6-8-16(9-7-15)29-11-10-23-18(28)17(27-13-24-25-26-27)12-14-4-2-1-3-5-14/h1-9,13,17H,10-12H2,(H,23,28). The fourth-order valence-corrected chi connectivity index (χ4v) is 2.66. The zero-order chi connectivity index (χ0) is 20.7. The second-order valence-corrected chi connectivity index (χ2v) is 6.16. The van der Waals surface area contributed by atoms with Crippen LogP contribution in [-0.4, -0.2) is 39.3 Å². The smallest absolute Gasteiger partial charge is 0.416 e. The number of benzene rings is 2. The van der Waals surface area contributed by atoms with E-state index in [4.69, 9.17) is 4.74 Å². The van der Waals surface area contributed by atoms with Crippen molar-refractivity contribution in [1.82, 2.24) is 25.5 Å². The number of hydrogen-bond acceptors (Lipinski definition) is 5. The third kappa shape index (κ3) is 5.77. The summed E-state index contributed by atoms with van der Waals surface area (Å²) in [5.74, 6) is -0.00858. The maximum absolute atomic E-state index is 12.6. The molecule has 2 aromatic carbocycles. The van der Waals surface area contributed by atoms with Crippen molar-refractivity contribution in [3.8, 4) is 5.75 Å². The molecule has 0 aliphatic carbocycles. The number of alkyl halides is 3. The topological polar surface area (TPSA) is 81.9 Å². The van der Waals surface area contributed by atoms with Gasteiger partial charge in [0, 0.05) is 6.42 Å². The number of ether oxygens (including phenoxy) is 1. The number of rotatable bonds is 8. The quantitative estimate of drug-likeness (QED) is 0.583. The van der Waals surface area contributed by atoms with Gasteiger partial charge in [-0.15, -0.1) is 5.10 Å². The SMILES string of the molecule is O=C(NCCOc1ccc(C(F)(F)F)cc1)C(Cc1ccccc1)n1cnnn1. The van der Waals surface area contributed by atoms with Gasteiger partial charge in [0.15, 0.2) is 0 Å². The Labute approximate surface area is 164 Å². The average Bonchev–Trinajstić information content (AvgIpc) is 3.24. The first-order valence-corrected chi connectivity index (χ1v) is 8.77. The molecule has 1 atom stereocenters. The van der Waals surface area contributed by atoms with E-state index in [1.807, 2.05) is 30.3 Å². The zero-order valence-electron chi connectivity index (χ0n) is 15.2. The van der Waals surface area contributed by atoms with Crippen LogP contribution >= 0.6 is 0 Å². The van der Waals surface area contributed by atoms with Crippen LogP contribution in [0.4, 0.5) is 13.2 Å². The summed E-state index contributed by atoms with van der Waals surface area (Å²) in [6.45, 7) is 0.276. The molecule has 1 amide bonds. The summed E-state index contributed by atoms with van der Waals surface area (Å²) in [6, 6.07) is 13.2. The van der Waals surface area contributed by atoms with Crippen molar-refractivity contribution in [2.75, 3.05) is 13.2 Å². The number of nitrogens with one attached hydrogen (secondary N) is 1. The molecule has 10 heteroatoms. The van der Waals surface area contributed by atoms with Crippen LogP contribution in [0.3, 0.4) is 0 Å². The molecule has 3 rings (SSSR count). The predicted molar refractivity (Wildman–Crippen MR) is 96.9 cm³/mol. The Morgan fingerprint density at radius 2 is 1.83 bits per heavy atom. The second kappa shape index (κ2) is 9.18. The van der Waals surface area contributed by atoms with Gasteiger partial charge >= 0.3 is 6.18 Å². The molecule has 0 fully saturated rings. The van der Waals surface area contributed by atoms with Crippen molar-refractivity contribution in [3.63, 3.8) is 0 Å². The largest absolute Gasteiger partial charge is 0.492 e. The highest BCUT2D eigenvalue weighted by molar-refractivity contribution is 5.80. The van der Waals surface area contributed by atoms with Gasteiger partial charge in [-0.05, 0) is 40.3 Å². The van der Waals surface area contributed by atoms with E-state index in [9.17, 15) is 18.0 Å². The molecule has 1 aromatic heterocycles. The normalized spacial score (nSPS) is 12.4. The van der Waals surface area contributed by atoms with Crippen LogP contribution < -0.4 is 10.1 Å². The van der Waals surface area contributed by atoms with E-state index in [0.717, 1.165) is 17.7 Å². The molecule has 0 aliphatic heterocycles. The number of tetrazole rings is 1. The first kappa shape index (κ1) is 20.3. The highest BCUT2D eigenvalue weighted by atomic mass is 19.4. The lowest BCUT2D eigenvalue weighted by Gasteiger charge is -2.16. The molecule has 0 spiro atoms. The number of amides is 1. The van der Waals surface area contributed by atoms with Crippen molar-refractivity contribution in [1.29, 1.82) is 0 Å². The third-order valence-corrected chi connectivity index (χ3v) is 4.11. The molecule has 0 bridgehead atoms. The van der Waals surface area contributed by atoms with Crippen LogP contribution in [0.15, 0.2) is 60.9 Å². The monoisotopic (exact) mass is 405 g/mol. The molecule has 7 nitrogen and oxygen atoms in total.